The van der Waals surface area contributed by atoms with Gasteiger partial charge in [-0.2, -0.15) is 0 Å². The van der Waals surface area contributed by atoms with Crippen LogP contribution in [0.2, 0.25) is 0 Å². The lowest BCUT2D eigenvalue weighted by molar-refractivity contribution is -0.268. The van der Waals surface area contributed by atoms with E-state index in [0.29, 0.717) is 5.69 Å². The Morgan fingerprint density at radius 3 is 2.56 bits per heavy atom. The van der Waals surface area contributed by atoms with Gasteiger partial charge in [-0.3, -0.25) is 5.32 Å². The van der Waals surface area contributed by atoms with Gasteiger partial charge in [-0.15, -0.1) is 11.3 Å². The molecular weight excluding hydrogens is 532 g/mol. The van der Waals surface area contributed by atoms with E-state index < -0.39 is 12.4 Å². The van der Waals surface area contributed by atoms with Crippen LogP contribution in [0.1, 0.15) is 36.0 Å². The molecule has 39 heavy (non-hydrogen) atoms. The number of aromatic nitrogens is 1. The smallest absolute Gasteiger partial charge is 0.411 e. The minimum absolute atomic E-state index is 0.00393. The van der Waals surface area contributed by atoms with Crippen LogP contribution in [-0.2, 0) is 20.8 Å². The number of rotatable bonds is 9. The average Bonchev–Trinajstić information content (AvgIpc) is 3.39. The van der Waals surface area contributed by atoms with Crippen molar-refractivity contribution in [3.8, 4) is 0 Å². The van der Waals surface area contributed by atoms with Crippen LogP contribution >= 0.6 is 23.1 Å². The van der Waals surface area contributed by atoms with E-state index in [9.17, 15) is 9.90 Å². The number of nitrogens with one attached hydrogen (secondary N) is 1. The third kappa shape index (κ3) is 6.69. The maximum Gasteiger partial charge on any atom is 0.411 e. The van der Waals surface area contributed by atoms with Crippen LogP contribution in [-0.4, -0.2) is 34.6 Å². The van der Waals surface area contributed by atoms with Crippen molar-refractivity contribution in [1.29, 1.82) is 0 Å². The molecule has 2 heterocycles. The van der Waals surface area contributed by atoms with Gasteiger partial charge in [0.15, 0.2) is 10.6 Å². The second-order valence-electron chi connectivity index (χ2n) is 9.21. The number of carbonyl (C=O) groups is 1. The molecule has 1 amide bonds. The summed E-state index contributed by atoms with van der Waals surface area (Å²) in [5.41, 5.74) is 4.35. The van der Waals surface area contributed by atoms with Gasteiger partial charge in [0.1, 0.15) is 6.61 Å². The Labute approximate surface area is 235 Å². The zero-order valence-electron chi connectivity index (χ0n) is 21.5. The summed E-state index contributed by atoms with van der Waals surface area (Å²) in [5.74, 6) is 0.796. The number of thiazole rings is 1. The maximum absolute atomic E-state index is 11.9. The fourth-order valence-corrected chi connectivity index (χ4v) is 6.65. The fourth-order valence-electron chi connectivity index (χ4n) is 4.39. The number of ether oxygens (including phenoxy) is 3. The standard InChI is InChI=1S/C30H30N2O5S2/c1-3-16-35-29(34)31-23-14-12-22(13-15-23)28-36-25(18-38-30-32-24-6-4-5-7-26(24)39-30)19(2)27(37-28)21-10-8-20(17-33)9-11-21/h3-15,19,25,27-28,33H,1,16-18H2,2H3,(H,31,34). The maximum atomic E-state index is 11.9. The van der Waals surface area contributed by atoms with Crippen molar-refractivity contribution in [3.05, 3.63) is 102 Å². The molecule has 4 aromatic rings. The number of para-hydroxylation sites is 1. The van der Waals surface area contributed by atoms with E-state index in [1.165, 1.54) is 10.8 Å². The number of hydrogen-bond acceptors (Lipinski definition) is 8. The summed E-state index contributed by atoms with van der Waals surface area (Å²) < 4.78 is 20.2. The number of aliphatic hydroxyl groups excluding tert-OH is 1. The molecule has 1 aliphatic heterocycles. The van der Waals surface area contributed by atoms with Crippen LogP contribution in [0, 0.1) is 5.92 Å². The van der Waals surface area contributed by atoms with Gasteiger partial charge in [0, 0.05) is 22.9 Å². The highest BCUT2D eigenvalue weighted by Crippen LogP contribution is 2.43. The first-order chi connectivity index (χ1) is 19.0. The number of fused-ring (bicyclic) bond motifs is 1. The zero-order chi connectivity index (χ0) is 27.2. The first-order valence-corrected chi connectivity index (χ1v) is 14.5. The van der Waals surface area contributed by atoms with E-state index in [-0.39, 0.29) is 31.3 Å². The lowest BCUT2D eigenvalue weighted by atomic mass is 9.91. The number of aliphatic hydroxyl groups is 1. The van der Waals surface area contributed by atoms with Crippen molar-refractivity contribution in [1.82, 2.24) is 4.98 Å². The molecule has 3 aromatic carbocycles. The number of thioether (sulfide) groups is 1. The molecule has 2 N–H and O–H groups in total. The van der Waals surface area contributed by atoms with E-state index in [0.717, 1.165) is 32.3 Å². The minimum Gasteiger partial charge on any atom is -0.445 e. The van der Waals surface area contributed by atoms with Crippen LogP contribution in [0.15, 0.2) is 89.8 Å². The van der Waals surface area contributed by atoms with E-state index in [4.69, 9.17) is 19.2 Å². The third-order valence-electron chi connectivity index (χ3n) is 6.53. The largest absolute Gasteiger partial charge is 0.445 e. The minimum atomic E-state index is -0.591. The van der Waals surface area contributed by atoms with Crippen LogP contribution in [0.5, 0.6) is 0 Å². The molecule has 5 rings (SSSR count). The van der Waals surface area contributed by atoms with Crippen molar-refractivity contribution in [2.45, 2.75) is 36.4 Å². The van der Waals surface area contributed by atoms with E-state index in [2.05, 4.69) is 24.9 Å². The van der Waals surface area contributed by atoms with Crippen LogP contribution < -0.4 is 5.32 Å². The van der Waals surface area contributed by atoms with Crippen LogP contribution in [0.3, 0.4) is 0 Å². The second-order valence-corrected chi connectivity index (χ2v) is 11.5. The van der Waals surface area contributed by atoms with Gasteiger partial charge < -0.3 is 19.3 Å². The quantitative estimate of drug-likeness (QED) is 0.166. The molecule has 4 unspecified atom stereocenters. The Kier molecular flexibility index (Phi) is 8.95. The number of amides is 1. The van der Waals surface area contributed by atoms with Crippen molar-refractivity contribution in [3.63, 3.8) is 0 Å². The van der Waals surface area contributed by atoms with Crippen LogP contribution in [0.4, 0.5) is 10.5 Å². The number of hydrogen-bond donors (Lipinski definition) is 2. The first kappa shape index (κ1) is 27.4. The Bertz CT molecular complexity index is 1370. The fraction of sp³-hybridized carbons (Fsp3) is 0.267. The van der Waals surface area contributed by atoms with Gasteiger partial charge in [-0.05, 0) is 35.4 Å². The Balaban J connectivity index is 1.34. The summed E-state index contributed by atoms with van der Waals surface area (Å²) in [7, 11) is 0. The van der Waals surface area contributed by atoms with E-state index >= 15 is 0 Å². The summed E-state index contributed by atoms with van der Waals surface area (Å²) in [5, 5.41) is 12.2. The van der Waals surface area contributed by atoms with Gasteiger partial charge in [-0.25, -0.2) is 9.78 Å². The molecule has 0 saturated carbocycles. The van der Waals surface area contributed by atoms with Gasteiger partial charge in [-0.1, -0.05) is 79.9 Å². The predicted octanol–water partition coefficient (Wildman–Crippen LogP) is 7.11. The molecule has 1 saturated heterocycles. The molecular formula is C30H30N2O5S2. The number of benzene rings is 3. The van der Waals surface area contributed by atoms with E-state index in [1.54, 1.807) is 35.2 Å². The summed E-state index contributed by atoms with van der Waals surface area (Å²) in [4.78, 5) is 16.6. The van der Waals surface area contributed by atoms with Gasteiger partial charge >= 0.3 is 6.09 Å². The molecule has 1 aliphatic rings. The molecule has 1 fully saturated rings. The lowest BCUT2D eigenvalue weighted by Crippen LogP contribution is -2.38. The Morgan fingerprint density at radius 2 is 1.85 bits per heavy atom. The van der Waals surface area contributed by atoms with Gasteiger partial charge in [0.05, 0.1) is 29.0 Å². The third-order valence-corrected chi connectivity index (χ3v) is 8.80. The first-order valence-electron chi connectivity index (χ1n) is 12.7. The summed E-state index contributed by atoms with van der Waals surface area (Å²) in [6.45, 7) is 5.83. The Hall–Kier alpha value is -3.21. The number of anilines is 1. The van der Waals surface area contributed by atoms with Gasteiger partial charge in [0.25, 0.3) is 0 Å². The summed E-state index contributed by atoms with van der Waals surface area (Å²) in [6.07, 6.45) is 0.0753. The highest BCUT2D eigenvalue weighted by atomic mass is 32.2. The SMILES string of the molecule is C=CCOC(=O)Nc1ccc(C2OC(CSc3nc4ccccc4s3)C(C)C(c3ccc(CO)cc3)O2)cc1. The average molecular weight is 563 g/mol. The van der Waals surface area contributed by atoms with E-state index in [1.807, 2.05) is 54.6 Å². The lowest BCUT2D eigenvalue weighted by Gasteiger charge is -2.41. The summed E-state index contributed by atoms with van der Waals surface area (Å²) >= 11 is 3.39. The van der Waals surface area contributed by atoms with Gasteiger partial charge in [0.2, 0.25) is 0 Å². The van der Waals surface area contributed by atoms with Crippen molar-refractivity contribution >= 4 is 45.1 Å². The number of carbonyl (C=O) groups excluding carboxylic acids is 1. The molecule has 0 aliphatic carbocycles. The van der Waals surface area contributed by atoms with Crippen molar-refractivity contribution in [2.75, 3.05) is 17.7 Å². The second kappa shape index (κ2) is 12.8. The molecule has 0 spiro atoms. The molecule has 1 aromatic heterocycles. The molecule has 4 atom stereocenters. The normalized spacial score (nSPS) is 21.0. The molecule has 9 heteroatoms. The predicted molar refractivity (Wildman–Crippen MR) is 155 cm³/mol. The molecule has 0 radical (unpaired) electrons. The topological polar surface area (TPSA) is 89.9 Å². The molecule has 7 nitrogen and oxygen atoms in total. The highest BCUT2D eigenvalue weighted by molar-refractivity contribution is 8.01. The van der Waals surface area contributed by atoms with Crippen LogP contribution in [0.25, 0.3) is 10.2 Å². The Morgan fingerprint density at radius 1 is 1.10 bits per heavy atom. The molecule has 0 bridgehead atoms. The highest BCUT2D eigenvalue weighted by Gasteiger charge is 2.38. The summed E-state index contributed by atoms with van der Waals surface area (Å²) in [6, 6.07) is 23.4. The molecule has 202 valence electrons. The number of nitrogens with zero attached hydrogens (tertiary/aromatic N) is 1. The zero-order valence-corrected chi connectivity index (χ0v) is 23.1. The van der Waals surface area contributed by atoms with Crippen molar-refractivity contribution < 1.29 is 24.1 Å². The monoisotopic (exact) mass is 562 g/mol. The van der Waals surface area contributed by atoms with Crippen molar-refractivity contribution in [2.24, 2.45) is 5.92 Å².